The van der Waals surface area contributed by atoms with E-state index < -0.39 is 5.92 Å². The summed E-state index contributed by atoms with van der Waals surface area (Å²) >= 11 is 0. The van der Waals surface area contributed by atoms with Gasteiger partial charge < -0.3 is 95.1 Å². The summed E-state index contributed by atoms with van der Waals surface area (Å²) in [5.41, 5.74) is 1.84. The summed E-state index contributed by atoms with van der Waals surface area (Å²) in [5.74, 6) is -0.998. The van der Waals surface area contributed by atoms with E-state index in [2.05, 4.69) is 0 Å². The molecule has 22 nitrogen and oxygen atoms in total. The van der Waals surface area contributed by atoms with Crippen LogP contribution in [0.25, 0.3) is 0 Å². The van der Waals surface area contributed by atoms with E-state index in [4.69, 9.17) is 95.1 Å². The van der Waals surface area contributed by atoms with E-state index in [1.54, 1.807) is 37.3 Å². The standard InChI is InChI=1S/C54H90O22/c1-49(51-8-5-9-52(48-51)53(56)50-6-3-2-4-7-50)54(57)76-47-46-75-45-44-74-43-42-73-41-40-72-39-38-71-37-36-70-35-34-69-33-32-68-31-30-67-29-28-66-27-26-65-25-24-64-23-22-63-21-20-62-19-18-61-17-16-60-15-14-59-13-12-58-11-10-55/h2-9,48-49,55H,10-47H2,1H3. The van der Waals surface area contributed by atoms with Crippen LogP contribution in [0.2, 0.25) is 0 Å². The average molecular weight is 1090 g/mol. The molecule has 1 atom stereocenters. The van der Waals surface area contributed by atoms with Gasteiger partial charge in [0.05, 0.1) is 250 Å². The van der Waals surface area contributed by atoms with Crippen LogP contribution in [0.3, 0.4) is 0 Å². The van der Waals surface area contributed by atoms with Crippen LogP contribution >= 0.6 is 0 Å². The molecule has 0 heterocycles. The lowest BCUT2D eigenvalue weighted by Gasteiger charge is -2.13. The van der Waals surface area contributed by atoms with Gasteiger partial charge in [-0.3, -0.25) is 9.59 Å². The van der Waals surface area contributed by atoms with Gasteiger partial charge in [-0.2, -0.15) is 0 Å². The molecule has 0 aliphatic heterocycles. The third-order valence-electron chi connectivity index (χ3n) is 10.1. The fourth-order valence-corrected chi connectivity index (χ4v) is 6.07. The summed E-state index contributed by atoms with van der Waals surface area (Å²) < 4.78 is 104. The van der Waals surface area contributed by atoms with Crippen molar-refractivity contribution in [1.29, 1.82) is 0 Å². The van der Waals surface area contributed by atoms with E-state index in [1.807, 2.05) is 24.3 Å². The lowest BCUT2D eigenvalue weighted by atomic mass is 9.96. The lowest BCUT2D eigenvalue weighted by Crippen LogP contribution is -2.18. The summed E-state index contributed by atoms with van der Waals surface area (Å²) in [6.45, 7) is 18.4. The van der Waals surface area contributed by atoms with Gasteiger partial charge >= 0.3 is 5.97 Å². The molecule has 22 heteroatoms. The first-order valence-electron chi connectivity index (χ1n) is 26.5. The van der Waals surface area contributed by atoms with Crippen molar-refractivity contribution in [3.8, 4) is 0 Å². The highest BCUT2D eigenvalue weighted by molar-refractivity contribution is 6.09. The second-order valence-electron chi connectivity index (χ2n) is 16.0. The molecule has 2 aromatic rings. The first-order valence-corrected chi connectivity index (χ1v) is 26.5. The third-order valence-corrected chi connectivity index (χ3v) is 10.1. The number of aliphatic hydroxyl groups excluding tert-OH is 1. The normalized spacial score (nSPS) is 11.9. The Morgan fingerprint density at radius 2 is 0.553 bits per heavy atom. The molecule has 0 amide bonds. The third kappa shape index (κ3) is 43.8. The van der Waals surface area contributed by atoms with Gasteiger partial charge in [0, 0.05) is 11.1 Å². The van der Waals surface area contributed by atoms with Gasteiger partial charge in [-0.05, 0) is 18.6 Å². The second kappa shape index (κ2) is 55.1. The Morgan fingerprint density at radius 3 is 0.816 bits per heavy atom. The van der Waals surface area contributed by atoms with Gasteiger partial charge in [-0.1, -0.05) is 48.5 Å². The molecule has 0 aliphatic carbocycles. The Kier molecular flexibility index (Phi) is 50.0. The van der Waals surface area contributed by atoms with Crippen molar-refractivity contribution in [2.75, 3.05) is 251 Å². The molecule has 0 fully saturated rings. The second-order valence-corrected chi connectivity index (χ2v) is 16.0. The van der Waals surface area contributed by atoms with E-state index in [0.29, 0.717) is 248 Å². The monoisotopic (exact) mass is 1090 g/mol. The number of carbonyl (C=O) groups is 2. The van der Waals surface area contributed by atoms with E-state index in [-0.39, 0.29) is 31.6 Å². The number of aliphatic hydroxyl groups is 1. The van der Waals surface area contributed by atoms with Crippen molar-refractivity contribution in [2.45, 2.75) is 12.8 Å². The zero-order valence-corrected chi connectivity index (χ0v) is 45.2. The zero-order valence-electron chi connectivity index (χ0n) is 45.2. The molecule has 1 N–H and O–H groups in total. The smallest absolute Gasteiger partial charge is 0.313 e. The molecule has 0 bridgehead atoms. The van der Waals surface area contributed by atoms with Crippen molar-refractivity contribution in [3.05, 3.63) is 71.3 Å². The quantitative estimate of drug-likeness (QED) is 0.0570. The molecule has 76 heavy (non-hydrogen) atoms. The van der Waals surface area contributed by atoms with Crippen molar-refractivity contribution < 1.29 is 105 Å². The molecule has 0 saturated heterocycles. The molecule has 0 aliphatic rings. The summed E-state index contributed by atoms with van der Waals surface area (Å²) in [6, 6.07) is 16.1. The molecule has 0 radical (unpaired) electrons. The minimum atomic E-state index is -0.522. The minimum absolute atomic E-state index is 0.0165. The van der Waals surface area contributed by atoms with E-state index >= 15 is 0 Å². The van der Waals surface area contributed by atoms with Crippen LogP contribution in [0.5, 0.6) is 0 Å². The van der Waals surface area contributed by atoms with Crippen LogP contribution < -0.4 is 0 Å². The number of carbonyl (C=O) groups excluding carboxylic acids is 2. The van der Waals surface area contributed by atoms with Crippen LogP contribution in [0.4, 0.5) is 0 Å². The number of hydrogen-bond donors (Lipinski definition) is 1. The number of hydrogen-bond acceptors (Lipinski definition) is 22. The Bertz CT molecular complexity index is 1550. The first kappa shape index (κ1) is 68.9. The van der Waals surface area contributed by atoms with Crippen molar-refractivity contribution in [3.63, 3.8) is 0 Å². The van der Waals surface area contributed by atoms with Crippen LogP contribution in [-0.2, 0) is 94.8 Å². The summed E-state index contributed by atoms with van der Waals surface area (Å²) in [7, 11) is 0. The zero-order chi connectivity index (χ0) is 54.1. The van der Waals surface area contributed by atoms with Crippen molar-refractivity contribution in [2.24, 2.45) is 0 Å². The Balaban J connectivity index is 1.15. The Labute approximate surface area is 450 Å². The highest BCUT2D eigenvalue weighted by atomic mass is 16.6. The van der Waals surface area contributed by atoms with Crippen LogP contribution in [0.15, 0.2) is 54.6 Å². The molecule has 0 saturated carbocycles. The molecule has 1 unspecified atom stereocenters. The highest BCUT2D eigenvalue weighted by Gasteiger charge is 2.19. The van der Waals surface area contributed by atoms with Crippen LogP contribution in [0.1, 0.15) is 34.3 Å². The van der Waals surface area contributed by atoms with E-state index in [1.165, 1.54) is 0 Å². The fraction of sp³-hybridized carbons (Fsp3) is 0.741. The van der Waals surface area contributed by atoms with Gasteiger partial charge in [-0.15, -0.1) is 0 Å². The SMILES string of the molecule is CC(C(=O)OCCOCCOCCOCCOCCOCCOCCOCCOCCOCCOCCOCCOCCOCCOCCOCCOCCOCCOCCO)c1cccc(C(=O)c2ccccc2)c1. The summed E-state index contributed by atoms with van der Waals surface area (Å²) in [4.78, 5) is 25.4. The molecular weight excluding hydrogens is 1000 g/mol. The number of benzene rings is 2. The van der Waals surface area contributed by atoms with Gasteiger partial charge in [-0.25, -0.2) is 0 Å². The van der Waals surface area contributed by atoms with Crippen molar-refractivity contribution >= 4 is 11.8 Å². The van der Waals surface area contributed by atoms with Crippen molar-refractivity contribution in [1.82, 2.24) is 0 Å². The molecule has 0 spiro atoms. The highest BCUT2D eigenvalue weighted by Crippen LogP contribution is 2.20. The minimum Gasteiger partial charge on any atom is -0.463 e. The van der Waals surface area contributed by atoms with Crippen LogP contribution in [0, 0.1) is 0 Å². The molecule has 2 aromatic carbocycles. The maximum atomic E-state index is 12.8. The Hall–Kier alpha value is -3.18. The molecule has 438 valence electrons. The number of esters is 1. The molecule has 2 rings (SSSR count). The van der Waals surface area contributed by atoms with Gasteiger partial charge in [0.25, 0.3) is 0 Å². The predicted octanol–water partition coefficient (Wildman–Crippen LogP) is 2.86. The van der Waals surface area contributed by atoms with E-state index in [9.17, 15) is 9.59 Å². The number of rotatable bonds is 60. The maximum Gasteiger partial charge on any atom is 0.313 e. The number of ketones is 1. The topological polar surface area (TPSA) is 230 Å². The maximum absolute atomic E-state index is 12.8. The van der Waals surface area contributed by atoms with Gasteiger partial charge in [0.15, 0.2) is 5.78 Å². The largest absolute Gasteiger partial charge is 0.463 e. The summed E-state index contributed by atoms with van der Waals surface area (Å²) in [5, 5.41) is 8.61. The van der Waals surface area contributed by atoms with E-state index in [0.717, 1.165) is 0 Å². The number of ether oxygens (including phenoxy) is 19. The predicted molar refractivity (Wildman–Crippen MR) is 278 cm³/mol. The Morgan fingerprint density at radius 1 is 0.316 bits per heavy atom. The van der Waals surface area contributed by atoms with Gasteiger partial charge in [0.1, 0.15) is 6.61 Å². The molecular formula is C54H90O22. The van der Waals surface area contributed by atoms with Gasteiger partial charge in [0.2, 0.25) is 0 Å². The first-order chi connectivity index (χ1) is 37.6. The van der Waals surface area contributed by atoms with Crippen LogP contribution in [-0.4, -0.2) is 268 Å². The lowest BCUT2D eigenvalue weighted by molar-refractivity contribution is -0.146. The fourth-order valence-electron chi connectivity index (χ4n) is 6.07. The summed E-state index contributed by atoms with van der Waals surface area (Å²) in [6.07, 6.45) is 0. The molecule has 0 aromatic heterocycles. The average Bonchev–Trinajstić information content (AvgIpc) is 3.45.